The van der Waals surface area contributed by atoms with E-state index in [2.05, 4.69) is 10.5 Å². The van der Waals surface area contributed by atoms with Gasteiger partial charge >= 0.3 is 5.97 Å². The number of esters is 1. The van der Waals surface area contributed by atoms with Gasteiger partial charge in [0.25, 0.3) is 5.91 Å². The lowest BCUT2D eigenvalue weighted by Gasteiger charge is -2.10. The molecular formula is C23H19ClN2O5. The van der Waals surface area contributed by atoms with Gasteiger partial charge in [-0.15, -0.1) is 0 Å². The summed E-state index contributed by atoms with van der Waals surface area (Å²) in [7, 11) is 1.46. The number of hydrogen-bond donors (Lipinski definition) is 1. The van der Waals surface area contributed by atoms with Crippen LogP contribution in [0.1, 0.15) is 15.9 Å². The summed E-state index contributed by atoms with van der Waals surface area (Å²) in [5, 5.41) is 4.42. The van der Waals surface area contributed by atoms with Crippen LogP contribution < -0.4 is 19.6 Å². The summed E-state index contributed by atoms with van der Waals surface area (Å²) in [6.45, 7) is -0.162. The molecule has 0 aliphatic heterocycles. The van der Waals surface area contributed by atoms with Gasteiger partial charge in [-0.3, -0.25) is 4.79 Å². The average Bonchev–Trinajstić information content (AvgIpc) is 2.79. The molecule has 3 rings (SSSR count). The van der Waals surface area contributed by atoms with E-state index in [-0.39, 0.29) is 12.4 Å². The van der Waals surface area contributed by atoms with E-state index >= 15 is 0 Å². The van der Waals surface area contributed by atoms with Crippen LogP contribution in [0.5, 0.6) is 17.2 Å². The van der Waals surface area contributed by atoms with Crippen molar-refractivity contribution in [2.75, 3.05) is 13.7 Å². The molecule has 1 amide bonds. The Morgan fingerprint density at radius 2 is 1.74 bits per heavy atom. The minimum atomic E-state index is -0.540. The van der Waals surface area contributed by atoms with Crippen molar-refractivity contribution in [3.63, 3.8) is 0 Å². The highest BCUT2D eigenvalue weighted by atomic mass is 35.5. The summed E-state index contributed by atoms with van der Waals surface area (Å²) < 4.78 is 16.0. The highest BCUT2D eigenvalue weighted by Gasteiger charge is 2.13. The standard InChI is InChI=1S/C23H19ClN2O5/c1-29-21-13-16(14-25-26-22(27)15-30-19-5-3-2-4-6-19)7-12-20(21)31-23(28)17-8-10-18(24)11-9-17/h2-14H,15H2,1H3,(H,26,27)/b25-14+. The third kappa shape index (κ3) is 6.58. The van der Waals surface area contributed by atoms with Crippen LogP contribution in [0.4, 0.5) is 0 Å². The van der Waals surface area contributed by atoms with Crippen molar-refractivity contribution in [3.05, 3.63) is 88.9 Å². The maximum Gasteiger partial charge on any atom is 0.343 e. The van der Waals surface area contributed by atoms with Gasteiger partial charge in [-0.1, -0.05) is 29.8 Å². The Balaban J connectivity index is 1.56. The van der Waals surface area contributed by atoms with E-state index in [1.807, 2.05) is 18.2 Å². The van der Waals surface area contributed by atoms with Crippen molar-refractivity contribution in [1.29, 1.82) is 0 Å². The number of ether oxygens (including phenoxy) is 3. The molecule has 0 unspecified atom stereocenters. The Labute approximate surface area is 184 Å². The van der Waals surface area contributed by atoms with Gasteiger partial charge < -0.3 is 14.2 Å². The number of para-hydroxylation sites is 1. The van der Waals surface area contributed by atoms with E-state index in [4.69, 9.17) is 25.8 Å². The molecule has 0 spiro atoms. The van der Waals surface area contributed by atoms with Crippen molar-refractivity contribution in [2.45, 2.75) is 0 Å². The Morgan fingerprint density at radius 1 is 1.00 bits per heavy atom. The van der Waals surface area contributed by atoms with Crippen molar-refractivity contribution in [1.82, 2.24) is 5.43 Å². The first-order valence-electron chi connectivity index (χ1n) is 9.20. The molecule has 8 heteroatoms. The van der Waals surface area contributed by atoms with E-state index in [0.29, 0.717) is 27.6 Å². The molecule has 0 aliphatic carbocycles. The predicted molar refractivity (Wildman–Crippen MR) is 117 cm³/mol. The second kappa shape index (κ2) is 10.8. The maximum absolute atomic E-state index is 12.3. The minimum Gasteiger partial charge on any atom is -0.493 e. The number of methoxy groups -OCH3 is 1. The van der Waals surface area contributed by atoms with E-state index in [9.17, 15) is 9.59 Å². The first kappa shape index (κ1) is 21.9. The molecular weight excluding hydrogens is 420 g/mol. The molecule has 0 atom stereocenters. The number of amides is 1. The highest BCUT2D eigenvalue weighted by Crippen LogP contribution is 2.28. The topological polar surface area (TPSA) is 86.2 Å². The first-order valence-corrected chi connectivity index (χ1v) is 9.58. The molecule has 0 saturated carbocycles. The maximum atomic E-state index is 12.3. The molecule has 0 aromatic heterocycles. The second-order valence-corrected chi connectivity index (χ2v) is 6.64. The Hall–Kier alpha value is -3.84. The van der Waals surface area contributed by atoms with Crippen molar-refractivity contribution in [3.8, 4) is 17.2 Å². The van der Waals surface area contributed by atoms with E-state index in [0.717, 1.165) is 0 Å². The van der Waals surface area contributed by atoms with Crippen molar-refractivity contribution in [2.24, 2.45) is 5.10 Å². The predicted octanol–water partition coefficient (Wildman–Crippen LogP) is 4.10. The number of carbonyl (C=O) groups is 2. The number of nitrogens with zero attached hydrogens (tertiary/aromatic N) is 1. The van der Waals surface area contributed by atoms with Crippen LogP contribution >= 0.6 is 11.6 Å². The number of halogens is 1. The summed E-state index contributed by atoms with van der Waals surface area (Å²) >= 11 is 5.83. The Bertz CT molecular complexity index is 1070. The normalized spacial score (nSPS) is 10.5. The van der Waals surface area contributed by atoms with Gasteiger partial charge in [0.1, 0.15) is 5.75 Å². The minimum absolute atomic E-state index is 0.162. The van der Waals surface area contributed by atoms with Crippen molar-refractivity contribution < 1.29 is 23.8 Å². The molecule has 158 valence electrons. The largest absolute Gasteiger partial charge is 0.493 e. The molecule has 0 saturated heterocycles. The fourth-order valence-electron chi connectivity index (χ4n) is 2.47. The number of nitrogens with one attached hydrogen (secondary N) is 1. The molecule has 31 heavy (non-hydrogen) atoms. The van der Waals surface area contributed by atoms with Gasteiger partial charge in [-0.25, -0.2) is 10.2 Å². The third-order valence-corrected chi connectivity index (χ3v) is 4.24. The molecule has 0 radical (unpaired) electrons. The SMILES string of the molecule is COc1cc(/C=N/NC(=O)COc2ccccc2)ccc1OC(=O)c1ccc(Cl)cc1. The van der Waals surface area contributed by atoms with Crippen LogP contribution in [-0.4, -0.2) is 31.8 Å². The summed E-state index contributed by atoms with van der Waals surface area (Å²) in [4.78, 5) is 24.1. The molecule has 0 aliphatic rings. The lowest BCUT2D eigenvalue weighted by Crippen LogP contribution is -2.24. The molecule has 3 aromatic carbocycles. The molecule has 0 bridgehead atoms. The number of benzene rings is 3. The van der Waals surface area contributed by atoms with Gasteiger partial charge in [-0.2, -0.15) is 5.10 Å². The zero-order valence-electron chi connectivity index (χ0n) is 16.6. The monoisotopic (exact) mass is 438 g/mol. The summed E-state index contributed by atoms with van der Waals surface area (Å²) in [5.41, 5.74) is 3.37. The Morgan fingerprint density at radius 3 is 2.45 bits per heavy atom. The first-order chi connectivity index (χ1) is 15.0. The van der Waals surface area contributed by atoms with Crippen molar-refractivity contribution >= 4 is 29.7 Å². The van der Waals surface area contributed by atoms with E-state index in [1.165, 1.54) is 13.3 Å². The fourth-order valence-corrected chi connectivity index (χ4v) is 2.60. The molecule has 7 nitrogen and oxygen atoms in total. The number of rotatable bonds is 8. The molecule has 3 aromatic rings. The van der Waals surface area contributed by atoms with Crippen LogP contribution in [0.25, 0.3) is 0 Å². The van der Waals surface area contributed by atoms with Gasteiger partial charge in [-0.05, 0) is 60.2 Å². The van der Waals surface area contributed by atoms with Crippen LogP contribution in [0.3, 0.4) is 0 Å². The number of hydrogen-bond acceptors (Lipinski definition) is 6. The quantitative estimate of drug-likeness (QED) is 0.248. The summed E-state index contributed by atoms with van der Waals surface area (Å²) in [6, 6.07) is 20.2. The number of carbonyl (C=O) groups excluding carboxylic acids is 2. The zero-order valence-corrected chi connectivity index (χ0v) is 17.3. The third-order valence-electron chi connectivity index (χ3n) is 3.99. The molecule has 1 N–H and O–H groups in total. The fraction of sp³-hybridized carbons (Fsp3) is 0.0870. The van der Waals surface area contributed by atoms with Gasteiger partial charge in [0.15, 0.2) is 18.1 Å². The molecule has 0 heterocycles. The van der Waals surface area contributed by atoms with Gasteiger partial charge in [0, 0.05) is 5.02 Å². The lowest BCUT2D eigenvalue weighted by atomic mass is 10.2. The van der Waals surface area contributed by atoms with E-state index in [1.54, 1.807) is 54.6 Å². The number of hydrazone groups is 1. The lowest BCUT2D eigenvalue weighted by molar-refractivity contribution is -0.123. The van der Waals surface area contributed by atoms with Crippen LogP contribution in [0, 0.1) is 0 Å². The average molecular weight is 439 g/mol. The van der Waals surface area contributed by atoms with Crippen LogP contribution in [0.2, 0.25) is 5.02 Å². The summed E-state index contributed by atoms with van der Waals surface area (Å²) in [5.74, 6) is 0.239. The van der Waals surface area contributed by atoms with Gasteiger partial charge in [0.2, 0.25) is 0 Å². The van der Waals surface area contributed by atoms with Crippen LogP contribution in [-0.2, 0) is 4.79 Å². The Kier molecular flexibility index (Phi) is 7.61. The molecule has 0 fully saturated rings. The van der Waals surface area contributed by atoms with Crippen LogP contribution in [0.15, 0.2) is 77.9 Å². The van der Waals surface area contributed by atoms with E-state index < -0.39 is 11.9 Å². The zero-order chi connectivity index (χ0) is 22.1. The van der Waals surface area contributed by atoms with Gasteiger partial charge in [0.05, 0.1) is 18.9 Å². The highest BCUT2D eigenvalue weighted by molar-refractivity contribution is 6.30. The summed E-state index contributed by atoms with van der Waals surface area (Å²) in [6.07, 6.45) is 1.44. The smallest absolute Gasteiger partial charge is 0.343 e. The second-order valence-electron chi connectivity index (χ2n) is 6.20.